The molecule has 5 nitrogen and oxygen atoms in total. The number of aryl methyl sites for hydroxylation is 2. The lowest BCUT2D eigenvalue weighted by molar-refractivity contribution is 0.0926. The minimum atomic E-state index is -0.0859. The maximum atomic E-state index is 12.2. The molecule has 1 amide bonds. The van der Waals surface area contributed by atoms with Gasteiger partial charge in [-0.1, -0.05) is 13.8 Å². The van der Waals surface area contributed by atoms with Crippen LogP contribution in [0.1, 0.15) is 35.6 Å². The number of carbonyl (C=O) groups excluding carboxylic acids is 1. The smallest absolute Gasteiger partial charge is 0.255 e. The highest BCUT2D eigenvalue weighted by Gasteiger charge is 2.21. The molecule has 0 aliphatic carbocycles. The Balaban J connectivity index is 2.90. The standard InChI is InChI=1S/C12H22N4O/c1-7(2)10(6-13)14-12(17)11-8(3)15-16(5)9(11)4/h7,10H,6,13H2,1-5H3,(H,14,17). The summed E-state index contributed by atoms with van der Waals surface area (Å²) in [6.45, 7) is 8.26. The zero-order valence-corrected chi connectivity index (χ0v) is 11.2. The van der Waals surface area contributed by atoms with Gasteiger partial charge in [-0.15, -0.1) is 0 Å². The number of hydrogen-bond donors (Lipinski definition) is 2. The molecule has 0 spiro atoms. The van der Waals surface area contributed by atoms with Crippen molar-refractivity contribution in [1.29, 1.82) is 0 Å². The minimum Gasteiger partial charge on any atom is -0.348 e. The van der Waals surface area contributed by atoms with Gasteiger partial charge < -0.3 is 11.1 Å². The van der Waals surface area contributed by atoms with Crippen molar-refractivity contribution in [2.45, 2.75) is 33.7 Å². The van der Waals surface area contributed by atoms with E-state index >= 15 is 0 Å². The summed E-state index contributed by atoms with van der Waals surface area (Å²) in [5.74, 6) is 0.235. The van der Waals surface area contributed by atoms with E-state index < -0.39 is 0 Å². The zero-order valence-electron chi connectivity index (χ0n) is 11.2. The lowest BCUT2D eigenvalue weighted by atomic mass is 10.0. The molecule has 0 radical (unpaired) electrons. The second-order valence-corrected chi connectivity index (χ2v) is 4.73. The number of nitrogens with one attached hydrogen (secondary N) is 1. The Labute approximate surface area is 102 Å². The largest absolute Gasteiger partial charge is 0.348 e. The molecule has 3 N–H and O–H groups in total. The van der Waals surface area contributed by atoms with Gasteiger partial charge in [0.25, 0.3) is 5.91 Å². The normalized spacial score (nSPS) is 12.9. The van der Waals surface area contributed by atoms with Crippen LogP contribution in [0, 0.1) is 19.8 Å². The number of carbonyl (C=O) groups is 1. The van der Waals surface area contributed by atoms with Gasteiger partial charge in [-0.3, -0.25) is 9.48 Å². The van der Waals surface area contributed by atoms with E-state index in [2.05, 4.69) is 10.4 Å². The molecule has 0 aromatic carbocycles. The molecular weight excluding hydrogens is 216 g/mol. The van der Waals surface area contributed by atoms with E-state index in [1.807, 2.05) is 34.7 Å². The van der Waals surface area contributed by atoms with Gasteiger partial charge in [0, 0.05) is 25.3 Å². The van der Waals surface area contributed by atoms with Crippen molar-refractivity contribution in [1.82, 2.24) is 15.1 Å². The number of nitrogens with two attached hydrogens (primary N) is 1. The molecule has 1 unspecified atom stereocenters. The fourth-order valence-corrected chi connectivity index (χ4v) is 1.84. The molecule has 0 saturated heterocycles. The van der Waals surface area contributed by atoms with E-state index in [9.17, 15) is 4.79 Å². The summed E-state index contributed by atoms with van der Waals surface area (Å²) in [7, 11) is 1.84. The SMILES string of the molecule is Cc1nn(C)c(C)c1C(=O)NC(CN)C(C)C. The first-order chi connectivity index (χ1) is 7.88. The van der Waals surface area contributed by atoms with E-state index in [0.717, 1.165) is 11.4 Å². The summed E-state index contributed by atoms with van der Waals surface area (Å²) in [6.07, 6.45) is 0. The van der Waals surface area contributed by atoms with Crippen LogP contribution in [0.5, 0.6) is 0 Å². The Morgan fingerprint density at radius 2 is 2.06 bits per heavy atom. The molecule has 96 valence electrons. The number of hydrogen-bond acceptors (Lipinski definition) is 3. The Morgan fingerprint density at radius 3 is 2.41 bits per heavy atom. The van der Waals surface area contributed by atoms with Crippen LogP contribution in [-0.4, -0.2) is 28.3 Å². The van der Waals surface area contributed by atoms with Crippen LogP contribution in [0.15, 0.2) is 0 Å². The number of nitrogens with zero attached hydrogens (tertiary/aromatic N) is 2. The van der Waals surface area contributed by atoms with Gasteiger partial charge >= 0.3 is 0 Å². The lowest BCUT2D eigenvalue weighted by Gasteiger charge is -2.20. The zero-order chi connectivity index (χ0) is 13.2. The van der Waals surface area contributed by atoms with Gasteiger partial charge in [0.1, 0.15) is 0 Å². The fraction of sp³-hybridized carbons (Fsp3) is 0.667. The summed E-state index contributed by atoms with van der Waals surface area (Å²) in [5, 5.41) is 7.19. The second kappa shape index (κ2) is 5.31. The monoisotopic (exact) mass is 238 g/mol. The van der Waals surface area contributed by atoms with Crippen LogP contribution in [0.4, 0.5) is 0 Å². The Hall–Kier alpha value is -1.36. The highest BCUT2D eigenvalue weighted by molar-refractivity contribution is 5.96. The first-order valence-corrected chi connectivity index (χ1v) is 5.89. The van der Waals surface area contributed by atoms with Crippen LogP contribution in [0.3, 0.4) is 0 Å². The summed E-state index contributed by atoms with van der Waals surface area (Å²) >= 11 is 0. The average Bonchev–Trinajstić information content (AvgIpc) is 2.49. The van der Waals surface area contributed by atoms with Crippen LogP contribution in [0.25, 0.3) is 0 Å². The first kappa shape index (κ1) is 13.7. The van der Waals surface area contributed by atoms with Gasteiger partial charge in [0.15, 0.2) is 0 Å². The summed E-state index contributed by atoms with van der Waals surface area (Å²) in [6, 6.07) is 0.00139. The van der Waals surface area contributed by atoms with Crippen LogP contribution in [0.2, 0.25) is 0 Å². The third kappa shape index (κ3) is 2.85. The predicted octanol–water partition coefficient (Wildman–Crippen LogP) is 0.750. The Morgan fingerprint density at radius 1 is 1.47 bits per heavy atom. The van der Waals surface area contributed by atoms with Gasteiger partial charge in [-0.05, 0) is 19.8 Å². The average molecular weight is 238 g/mol. The van der Waals surface area contributed by atoms with Crippen molar-refractivity contribution in [3.8, 4) is 0 Å². The fourth-order valence-electron chi connectivity index (χ4n) is 1.84. The van der Waals surface area contributed by atoms with Crippen molar-refractivity contribution in [3.63, 3.8) is 0 Å². The molecule has 0 aliphatic heterocycles. The highest BCUT2D eigenvalue weighted by atomic mass is 16.1. The lowest BCUT2D eigenvalue weighted by Crippen LogP contribution is -2.43. The first-order valence-electron chi connectivity index (χ1n) is 5.89. The molecule has 1 aromatic heterocycles. The molecule has 0 fully saturated rings. The molecule has 0 bridgehead atoms. The maximum absolute atomic E-state index is 12.2. The van der Waals surface area contributed by atoms with E-state index in [0.29, 0.717) is 18.0 Å². The molecule has 17 heavy (non-hydrogen) atoms. The third-order valence-electron chi connectivity index (χ3n) is 3.11. The highest BCUT2D eigenvalue weighted by Crippen LogP contribution is 2.12. The van der Waals surface area contributed by atoms with Crippen molar-refractivity contribution < 1.29 is 4.79 Å². The van der Waals surface area contributed by atoms with Gasteiger partial charge in [-0.2, -0.15) is 5.10 Å². The van der Waals surface area contributed by atoms with Crippen molar-refractivity contribution in [2.24, 2.45) is 18.7 Å². The molecule has 5 heteroatoms. The Bertz CT molecular complexity index is 409. The van der Waals surface area contributed by atoms with Crippen molar-refractivity contribution in [2.75, 3.05) is 6.54 Å². The van der Waals surface area contributed by atoms with E-state index in [1.165, 1.54) is 0 Å². The summed E-state index contributed by atoms with van der Waals surface area (Å²) in [4.78, 5) is 12.2. The molecule has 1 aromatic rings. The predicted molar refractivity (Wildman–Crippen MR) is 67.8 cm³/mol. The minimum absolute atomic E-state index is 0.00139. The van der Waals surface area contributed by atoms with Gasteiger partial charge in [0.05, 0.1) is 11.3 Å². The second-order valence-electron chi connectivity index (χ2n) is 4.73. The number of aromatic nitrogens is 2. The molecule has 1 atom stereocenters. The summed E-state index contributed by atoms with van der Waals surface area (Å²) < 4.78 is 1.72. The van der Waals surface area contributed by atoms with Gasteiger partial charge in [-0.25, -0.2) is 0 Å². The van der Waals surface area contributed by atoms with Crippen molar-refractivity contribution in [3.05, 3.63) is 17.0 Å². The van der Waals surface area contributed by atoms with E-state index in [1.54, 1.807) is 4.68 Å². The molecule has 0 aliphatic rings. The van der Waals surface area contributed by atoms with Gasteiger partial charge in [0.2, 0.25) is 0 Å². The van der Waals surface area contributed by atoms with Crippen LogP contribution < -0.4 is 11.1 Å². The Kier molecular flexibility index (Phi) is 4.28. The van der Waals surface area contributed by atoms with E-state index in [-0.39, 0.29) is 11.9 Å². The third-order valence-corrected chi connectivity index (χ3v) is 3.11. The molecule has 0 saturated carbocycles. The molecular formula is C12H22N4O. The molecule has 1 rings (SSSR count). The van der Waals surface area contributed by atoms with E-state index in [4.69, 9.17) is 5.73 Å². The van der Waals surface area contributed by atoms with Crippen molar-refractivity contribution >= 4 is 5.91 Å². The maximum Gasteiger partial charge on any atom is 0.255 e. The van der Waals surface area contributed by atoms with Crippen LogP contribution in [-0.2, 0) is 7.05 Å². The quantitative estimate of drug-likeness (QED) is 0.813. The number of rotatable bonds is 4. The summed E-state index contributed by atoms with van der Waals surface area (Å²) in [5.41, 5.74) is 7.93. The molecule has 1 heterocycles. The van der Waals surface area contributed by atoms with Crippen LogP contribution >= 0.6 is 0 Å². The topological polar surface area (TPSA) is 72.9 Å². The number of amides is 1.